The molecule has 2 bridgehead atoms. The minimum atomic E-state index is -0.917. The van der Waals surface area contributed by atoms with Gasteiger partial charge < -0.3 is 14.6 Å². The van der Waals surface area contributed by atoms with E-state index in [9.17, 15) is 14.4 Å². The van der Waals surface area contributed by atoms with Crippen LogP contribution in [0.15, 0.2) is 41.2 Å². The van der Waals surface area contributed by atoms with Crippen molar-refractivity contribution in [1.29, 1.82) is 0 Å². The van der Waals surface area contributed by atoms with Crippen molar-refractivity contribution in [3.8, 4) is 11.1 Å². The van der Waals surface area contributed by atoms with Gasteiger partial charge in [-0.2, -0.15) is 0 Å². The fraction of sp³-hybridized carbons (Fsp3) is 0.381. The van der Waals surface area contributed by atoms with Crippen LogP contribution in [0.1, 0.15) is 18.0 Å². The maximum absolute atomic E-state index is 12.6. The Hall–Kier alpha value is -2.25. The largest absolute Gasteiger partial charge is 0.481 e. The maximum atomic E-state index is 12.6. The molecule has 1 N–H and O–H groups in total. The van der Waals surface area contributed by atoms with Gasteiger partial charge in [-0.15, -0.1) is 11.8 Å². The topological polar surface area (TPSA) is 79.6 Å². The zero-order valence-electron chi connectivity index (χ0n) is 15.7. The summed E-state index contributed by atoms with van der Waals surface area (Å²) in [7, 11) is 0. The minimum absolute atomic E-state index is 0.01000. The Morgan fingerprint density at radius 3 is 2.55 bits per heavy atom. The molecule has 2 atom stereocenters. The van der Waals surface area contributed by atoms with Crippen molar-refractivity contribution in [2.75, 3.05) is 24.6 Å². The molecular formula is C21H21ClN2O4S. The summed E-state index contributed by atoms with van der Waals surface area (Å²) in [5, 5.41) is 9.43. The van der Waals surface area contributed by atoms with Gasteiger partial charge in [0.15, 0.2) is 0 Å². The van der Waals surface area contributed by atoms with Crippen LogP contribution >= 0.6 is 23.4 Å². The van der Waals surface area contributed by atoms with E-state index in [0.717, 1.165) is 35.0 Å². The third-order valence-corrected chi connectivity index (χ3v) is 6.70. The Morgan fingerprint density at radius 1 is 1.07 bits per heavy atom. The molecule has 152 valence electrons. The molecule has 29 heavy (non-hydrogen) atoms. The van der Waals surface area contributed by atoms with Gasteiger partial charge in [-0.25, -0.2) is 0 Å². The highest BCUT2D eigenvalue weighted by Crippen LogP contribution is 2.40. The predicted molar refractivity (Wildman–Crippen MR) is 114 cm³/mol. The molecule has 0 saturated carbocycles. The number of rotatable bonds is 5. The lowest BCUT2D eigenvalue weighted by Crippen LogP contribution is -2.49. The highest BCUT2D eigenvalue weighted by Gasteiger charge is 2.37. The van der Waals surface area contributed by atoms with Gasteiger partial charge in [0, 0.05) is 47.9 Å². The van der Waals surface area contributed by atoms with Crippen molar-refractivity contribution in [2.45, 2.75) is 18.9 Å². The number of aliphatic carboxylic acids is 1. The molecule has 1 saturated heterocycles. The van der Waals surface area contributed by atoms with E-state index in [1.54, 1.807) is 6.07 Å². The number of thioether (sulfide) groups is 1. The van der Waals surface area contributed by atoms with E-state index in [1.807, 2.05) is 39.8 Å². The van der Waals surface area contributed by atoms with Gasteiger partial charge in [-0.1, -0.05) is 23.7 Å². The molecule has 0 spiro atoms. The van der Waals surface area contributed by atoms with Crippen molar-refractivity contribution >= 4 is 35.2 Å². The summed E-state index contributed by atoms with van der Waals surface area (Å²) < 4.78 is 1.86. The van der Waals surface area contributed by atoms with Crippen LogP contribution in [0.4, 0.5) is 0 Å². The minimum Gasteiger partial charge on any atom is -0.481 e. The van der Waals surface area contributed by atoms with Crippen molar-refractivity contribution in [2.24, 2.45) is 5.92 Å². The van der Waals surface area contributed by atoms with E-state index in [-0.39, 0.29) is 34.8 Å². The van der Waals surface area contributed by atoms with Gasteiger partial charge in [0.1, 0.15) is 0 Å². The highest BCUT2D eigenvalue weighted by molar-refractivity contribution is 8.00. The lowest BCUT2D eigenvalue weighted by Gasteiger charge is -2.43. The molecular weight excluding hydrogens is 412 g/mol. The number of carboxylic acids is 1. The Morgan fingerprint density at radius 2 is 1.83 bits per heavy atom. The number of benzene rings is 1. The van der Waals surface area contributed by atoms with Gasteiger partial charge in [0.25, 0.3) is 5.56 Å². The van der Waals surface area contributed by atoms with Gasteiger partial charge in [0.05, 0.1) is 11.5 Å². The van der Waals surface area contributed by atoms with Crippen LogP contribution in [0.5, 0.6) is 0 Å². The van der Waals surface area contributed by atoms with Crippen LogP contribution in [-0.4, -0.2) is 51.0 Å². The summed E-state index contributed by atoms with van der Waals surface area (Å²) in [6.07, 6.45) is 0.941. The lowest BCUT2D eigenvalue weighted by molar-refractivity contribution is -0.133. The zero-order chi connectivity index (χ0) is 20.5. The van der Waals surface area contributed by atoms with Crippen LogP contribution in [0.25, 0.3) is 11.1 Å². The van der Waals surface area contributed by atoms with Gasteiger partial charge >= 0.3 is 5.97 Å². The van der Waals surface area contributed by atoms with Crippen LogP contribution in [0.2, 0.25) is 5.02 Å². The average Bonchev–Trinajstić information content (AvgIpc) is 2.69. The molecule has 1 aromatic carbocycles. The van der Waals surface area contributed by atoms with E-state index in [4.69, 9.17) is 16.7 Å². The van der Waals surface area contributed by atoms with E-state index in [0.29, 0.717) is 24.7 Å². The molecule has 0 unspecified atom stereocenters. The van der Waals surface area contributed by atoms with Gasteiger partial charge in [-0.05, 0) is 36.1 Å². The first-order valence-corrected chi connectivity index (χ1v) is 11.0. The zero-order valence-corrected chi connectivity index (χ0v) is 17.3. The molecule has 2 aliphatic rings. The Bertz CT molecular complexity index is 1000. The number of likely N-dealkylation sites (tertiary alicyclic amines) is 1. The molecule has 8 heteroatoms. The molecule has 0 radical (unpaired) electrons. The lowest BCUT2D eigenvalue weighted by atomic mass is 9.80. The summed E-state index contributed by atoms with van der Waals surface area (Å²) in [5.41, 5.74) is 2.97. The number of carbonyl (C=O) groups excluding carboxylic acids is 1. The first-order valence-electron chi connectivity index (χ1n) is 9.49. The third-order valence-electron chi connectivity index (χ3n) is 5.55. The molecule has 1 amide bonds. The van der Waals surface area contributed by atoms with Crippen LogP contribution < -0.4 is 5.56 Å². The number of nitrogens with zero attached hydrogens (tertiary/aromatic N) is 2. The van der Waals surface area contributed by atoms with Gasteiger partial charge in [0.2, 0.25) is 5.91 Å². The SMILES string of the molecule is O=C(O)CSCC(=O)N1C[C@@H]2C[C@@H](C1)c1c(-c3ccc(Cl)cc3)ccc(=O)n1C2. The Labute approximate surface area is 177 Å². The normalized spacial score (nSPS) is 20.2. The van der Waals surface area contributed by atoms with Crippen molar-refractivity contribution < 1.29 is 14.7 Å². The van der Waals surface area contributed by atoms with Crippen LogP contribution in [-0.2, 0) is 16.1 Å². The van der Waals surface area contributed by atoms with Crippen molar-refractivity contribution in [3.63, 3.8) is 0 Å². The Kier molecular flexibility index (Phi) is 5.69. The molecule has 3 heterocycles. The standard InChI is InChI=1S/C21H21ClN2O4S/c22-16-3-1-14(2-4-16)17-5-6-18(25)24-9-13-7-15(21(17)24)10-23(8-13)19(26)11-29-12-20(27)28/h1-6,13,15H,7-12H2,(H,27,28)/t13-,15-/m0/s1. The molecule has 1 aromatic heterocycles. The monoisotopic (exact) mass is 432 g/mol. The van der Waals surface area contributed by atoms with E-state index in [2.05, 4.69) is 0 Å². The summed E-state index contributed by atoms with van der Waals surface area (Å²) >= 11 is 7.15. The predicted octanol–water partition coefficient (Wildman–Crippen LogP) is 2.93. The molecule has 2 aliphatic heterocycles. The third kappa shape index (κ3) is 4.21. The number of fused-ring (bicyclic) bond motifs is 4. The molecule has 2 aromatic rings. The van der Waals surface area contributed by atoms with E-state index < -0.39 is 5.97 Å². The quantitative estimate of drug-likeness (QED) is 0.785. The van der Waals surface area contributed by atoms with Gasteiger partial charge in [-0.3, -0.25) is 14.4 Å². The molecule has 4 rings (SSSR count). The fourth-order valence-corrected chi connectivity index (χ4v) is 5.17. The van der Waals surface area contributed by atoms with Crippen molar-refractivity contribution in [3.05, 3.63) is 57.5 Å². The first kappa shape index (κ1) is 20.0. The number of pyridine rings is 1. The Balaban J connectivity index is 1.62. The average molecular weight is 433 g/mol. The smallest absolute Gasteiger partial charge is 0.313 e. The second-order valence-corrected chi connectivity index (χ2v) is 8.99. The van der Waals surface area contributed by atoms with Crippen LogP contribution in [0.3, 0.4) is 0 Å². The molecule has 0 aliphatic carbocycles. The summed E-state index contributed by atoms with van der Waals surface area (Å²) in [5.74, 6) is -0.559. The first-order chi connectivity index (χ1) is 13.9. The van der Waals surface area contributed by atoms with E-state index in [1.165, 1.54) is 0 Å². The summed E-state index contributed by atoms with van der Waals surface area (Å²) in [6.45, 7) is 1.76. The van der Waals surface area contributed by atoms with Crippen LogP contribution in [0, 0.1) is 5.92 Å². The highest BCUT2D eigenvalue weighted by atomic mass is 35.5. The number of piperidine rings is 1. The number of amides is 1. The molecule has 1 fully saturated rings. The van der Waals surface area contributed by atoms with E-state index >= 15 is 0 Å². The number of hydrogen-bond donors (Lipinski definition) is 1. The number of carboxylic acid groups (broad SMARTS) is 1. The second-order valence-electron chi connectivity index (χ2n) is 7.57. The fourth-order valence-electron chi connectivity index (χ4n) is 4.41. The summed E-state index contributed by atoms with van der Waals surface area (Å²) in [4.78, 5) is 37.7. The maximum Gasteiger partial charge on any atom is 0.313 e. The number of hydrogen-bond acceptors (Lipinski definition) is 4. The number of aromatic nitrogens is 1. The van der Waals surface area contributed by atoms with Crippen molar-refractivity contribution in [1.82, 2.24) is 9.47 Å². The number of halogens is 1. The second kappa shape index (κ2) is 8.24. The number of carbonyl (C=O) groups is 2. The summed E-state index contributed by atoms with van der Waals surface area (Å²) in [6, 6.07) is 11.0. The molecule has 6 nitrogen and oxygen atoms in total.